The molecule has 2 N–H and O–H groups in total. The lowest BCUT2D eigenvalue weighted by Gasteiger charge is -2.23. The topological polar surface area (TPSA) is 89.8 Å². The van der Waals surface area contributed by atoms with E-state index in [-0.39, 0.29) is 17.7 Å². The van der Waals surface area contributed by atoms with Crippen molar-refractivity contribution in [3.63, 3.8) is 0 Å². The molecule has 162 valence electrons. The van der Waals surface area contributed by atoms with Crippen molar-refractivity contribution in [1.82, 2.24) is 10.6 Å². The first-order chi connectivity index (χ1) is 15.2. The molecule has 2 aromatic carbocycles. The molecule has 0 aliphatic carbocycles. The van der Waals surface area contributed by atoms with Crippen molar-refractivity contribution in [2.45, 2.75) is 37.6 Å². The first kappa shape index (κ1) is 20.0. The van der Waals surface area contributed by atoms with E-state index >= 15 is 0 Å². The number of hydrogen-bond acceptors (Lipinski definition) is 6. The molecular formula is C24H26N2O5. The molecule has 3 aromatic rings. The van der Waals surface area contributed by atoms with Crippen LogP contribution in [0.5, 0.6) is 5.75 Å². The van der Waals surface area contributed by atoms with Crippen molar-refractivity contribution >= 4 is 33.6 Å². The summed E-state index contributed by atoms with van der Waals surface area (Å²) in [7, 11) is 0. The molecule has 2 aliphatic rings. The molecule has 2 saturated heterocycles. The molecule has 0 radical (unpaired) electrons. The summed E-state index contributed by atoms with van der Waals surface area (Å²) >= 11 is 0. The summed E-state index contributed by atoms with van der Waals surface area (Å²) in [5, 5.41) is 8.92. The zero-order valence-electron chi connectivity index (χ0n) is 17.3. The predicted molar refractivity (Wildman–Crippen MR) is 116 cm³/mol. The predicted octanol–water partition coefficient (Wildman–Crippen LogP) is 3.25. The lowest BCUT2D eigenvalue weighted by atomic mass is 9.90. The molecule has 2 aliphatic heterocycles. The number of furan rings is 1. The minimum atomic E-state index is -0.368. The summed E-state index contributed by atoms with van der Waals surface area (Å²) in [4.78, 5) is 23.8. The van der Waals surface area contributed by atoms with E-state index in [9.17, 15) is 9.59 Å². The van der Waals surface area contributed by atoms with E-state index < -0.39 is 0 Å². The molecule has 0 spiro atoms. The Kier molecular flexibility index (Phi) is 5.61. The second kappa shape index (κ2) is 8.69. The summed E-state index contributed by atoms with van der Waals surface area (Å²) in [5.74, 6) is -0.0282. The summed E-state index contributed by atoms with van der Waals surface area (Å²) < 4.78 is 17.1. The highest BCUT2D eigenvalue weighted by Crippen LogP contribution is 2.35. The van der Waals surface area contributed by atoms with Gasteiger partial charge in [0.15, 0.2) is 0 Å². The molecule has 0 bridgehead atoms. The van der Waals surface area contributed by atoms with E-state index in [0.29, 0.717) is 25.5 Å². The molecule has 2 amide bonds. The van der Waals surface area contributed by atoms with E-state index in [4.69, 9.17) is 13.9 Å². The van der Waals surface area contributed by atoms with Crippen LogP contribution in [0.3, 0.4) is 0 Å². The molecular weight excluding hydrogens is 396 g/mol. The largest absolute Gasteiger partial charge is 0.492 e. The van der Waals surface area contributed by atoms with Gasteiger partial charge in [0.2, 0.25) is 11.8 Å². The summed E-state index contributed by atoms with van der Waals surface area (Å²) in [5.41, 5.74) is 1.57. The van der Waals surface area contributed by atoms with Crippen LogP contribution in [-0.2, 0) is 14.3 Å². The number of nitrogens with one attached hydrogen (secondary N) is 2. The van der Waals surface area contributed by atoms with Crippen molar-refractivity contribution < 1.29 is 23.5 Å². The average Bonchev–Trinajstić information content (AvgIpc) is 3.18. The fraction of sp³-hybridized carbons (Fsp3) is 0.417. The molecule has 5 rings (SSSR count). The Hall–Kier alpha value is -2.90. The van der Waals surface area contributed by atoms with E-state index in [1.54, 1.807) is 6.26 Å². The number of carbonyl (C=O) groups is 2. The van der Waals surface area contributed by atoms with Gasteiger partial charge in [-0.05, 0) is 54.3 Å². The summed E-state index contributed by atoms with van der Waals surface area (Å²) in [6, 6.07) is 10.5. The van der Waals surface area contributed by atoms with Gasteiger partial charge in [-0.3, -0.25) is 14.9 Å². The fourth-order valence-corrected chi connectivity index (χ4v) is 4.45. The zero-order valence-corrected chi connectivity index (χ0v) is 17.3. The van der Waals surface area contributed by atoms with Crippen LogP contribution in [0.1, 0.15) is 37.2 Å². The van der Waals surface area contributed by atoms with Crippen molar-refractivity contribution in [3.05, 3.63) is 42.2 Å². The van der Waals surface area contributed by atoms with Gasteiger partial charge in [0.05, 0.1) is 12.2 Å². The molecule has 3 heterocycles. The molecule has 1 unspecified atom stereocenters. The van der Waals surface area contributed by atoms with Gasteiger partial charge in [-0.15, -0.1) is 0 Å². The molecule has 1 atom stereocenters. The van der Waals surface area contributed by atoms with Crippen LogP contribution in [0.15, 0.2) is 41.0 Å². The van der Waals surface area contributed by atoms with E-state index in [1.807, 2.05) is 30.3 Å². The van der Waals surface area contributed by atoms with Gasteiger partial charge in [-0.1, -0.05) is 6.07 Å². The van der Waals surface area contributed by atoms with Crippen LogP contribution in [0.2, 0.25) is 0 Å². The third-order valence-corrected chi connectivity index (χ3v) is 6.17. The first-order valence-electron chi connectivity index (χ1n) is 10.9. The second-order valence-corrected chi connectivity index (χ2v) is 8.24. The molecule has 7 heteroatoms. The SMILES string of the molecule is O=C1CCC(c2coc3cc4ccc(OCCNC5CCOCC5)cc4cc23)C(=O)N1. The third kappa shape index (κ3) is 4.29. The van der Waals surface area contributed by atoms with Gasteiger partial charge in [-0.2, -0.15) is 0 Å². The van der Waals surface area contributed by atoms with Gasteiger partial charge >= 0.3 is 0 Å². The Morgan fingerprint density at radius 3 is 2.77 bits per heavy atom. The normalized spacial score (nSPS) is 20.3. The number of fused-ring (bicyclic) bond motifs is 2. The average molecular weight is 422 g/mol. The van der Waals surface area contributed by atoms with Gasteiger partial charge in [0.1, 0.15) is 17.9 Å². The first-order valence-corrected chi connectivity index (χ1v) is 10.9. The van der Waals surface area contributed by atoms with Crippen molar-refractivity contribution in [3.8, 4) is 5.75 Å². The second-order valence-electron chi connectivity index (χ2n) is 8.24. The number of ether oxygens (including phenoxy) is 2. The highest BCUT2D eigenvalue weighted by atomic mass is 16.5. The van der Waals surface area contributed by atoms with E-state index in [2.05, 4.69) is 10.6 Å². The molecule has 1 aromatic heterocycles. The van der Waals surface area contributed by atoms with Gasteiger partial charge < -0.3 is 19.2 Å². The highest BCUT2D eigenvalue weighted by Gasteiger charge is 2.30. The quantitative estimate of drug-likeness (QED) is 0.468. The number of piperidine rings is 1. The maximum absolute atomic E-state index is 12.3. The Morgan fingerprint density at radius 1 is 1.06 bits per heavy atom. The Labute approximate surface area is 180 Å². The van der Waals surface area contributed by atoms with Gasteiger partial charge in [0.25, 0.3) is 0 Å². The number of amides is 2. The van der Waals surface area contributed by atoms with Crippen LogP contribution in [0, 0.1) is 0 Å². The standard InChI is InChI=1S/C24H26N2O5/c27-23-4-3-19(24(28)26-23)21-14-31-22-13-15-1-2-18(11-16(15)12-20(21)22)30-10-7-25-17-5-8-29-9-6-17/h1-2,11-14,17,19,25H,3-10H2,(H,26,27,28). The lowest BCUT2D eigenvalue weighted by Crippen LogP contribution is -2.39. The van der Waals surface area contributed by atoms with Crippen LogP contribution in [0.25, 0.3) is 21.7 Å². The van der Waals surface area contributed by atoms with E-state index in [0.717, 1.165) is 65.7 Å². The molecule has 7 nitrogen and oxygen atoms in total. The van der Waals surface area contributed by atoms with E-state index in [1.165, 1.54) is 0 Å². The minimum absolute atomic E-state index is 0.215. The van der Waals surface area contributed by atoms with Gasteiger partial charge in [-0.25, -0.2) is 0 Å². The number of imide groups is 1. The van der Waals surface area contributed by atoms with Crippen molar-refractivity contribution in [1.29, 1.82) is 0 Å². The number of rotatable bonds is 6. The number of carbonyl (C=O) groups excluding carboxylic acids is 2. The maximum atomic E-state index is 12.3. The van der Waals surface area contributed by atoms with Crippen LogP contribution >= 0.6 is 0 Å². The Balaban J connectivity index is 1.31. The van der Waals surface area contributed by atoms with Crippen LogP contribution in [-0.4, -0.2) is 44.2 Å². The van der Waals surface area contributed by atoms with Crippen molar-refractivity contribution in [2.75, 3.05) is 26.4 Å². The minimum Gasteiger partial charge on any atom is -0.492 e. The molecule has 0 saturated carbocycles. The monoisotopic (exact) mass is 422 g/mol. The number of benzene rings is 2. The fourth-order valence-electron chi connectivity index (χ4n) is 4.45. The molecule has 2 fully saturated rings. The Morgan fingerprint density at radius 2 is 1.94 bits per heavy atom. The zero-order chi connectivity index (χ0) is 21.2. The Bertz CT molecular complexity index is 1120. The number of hydrogen-bond donors (Lipinski definition) is 2. The van der Waals surface area contributed by atoms with Crippen LogP contribution in [0.4, 0.5) is 0 Å². The summed E-state index contributed by atoms with van der Waals surface area (Å²) in [6.07, 6.45) is 4.58. The van der Waals surface area contributed by atoms with Crippen molar-refractivity contribution in [2.24, 2.45) is 0 Å². The lowest BCUT2D eigenvalue weighted by molar-refractivity contribution is -0.134. The summed E-state index contributed by atoms with van der Waals surface area (Å²) in [6.45, 7) is 3.04. The van der Waals surface area contributed by atoms with Crippen LogP contribution < -0.4 is 15.4 Å². The van der Waals surface area contributed by atoms with Gasteiger partial charge in [0, 0.05) is 43.2 Å². The smallest absolute Gasteiger partial charge is 0.234 e. The highest BCUT2D eigenvalue weighted by molar-refractivity contribution is 6.04. The maximum Gasteiger partial charge on any atom is 0.234 e. The third-order valence-electron chi connectivity index (χ3n) is 6.17. The molecule has 31 heavy (non-hydrogen) atoms.